The van der Waals surface area contributed by atoms with Crippen molar-refractivity contribution in [2.75, 3.05) is 53.4 Å². The number of amides is 4. The molecule has 0 bridgehead atoms. The van der Waals surface area contributed by atoms with E-state index in [1.165, 1.54) is 0 Å². The minimum absolute atomic E-state index is 0.0325. The van der Waals surface area contributed by atoms with E-state index in [1.807, 2.05) is 48.5 Å². The molecule has 2 aliphatic rings. The molecule has 2 fully saturated rings. The van der Waals surface area contributed by atoms with E-state index < -0.39 is 41.9 Å². The highest BCUT2D eigenvalue weighted by Crippen LogP contribution is 2.32. The summed E-state index contributed by atoms with van der Waals surface area (Å²) in [4.78, 5) is 76.0. The number of nitriles is 1. The number of rotatable bonds is 14. The van der Waals surface area contributed by atoms with E-state index in [4.69, 9.17) is 32.0 Å². The number of carboxylic acid groups (broad SMARTS) is 3. The molecule has 16 nitrogen and oxygen atoms in total. The van der Waals surface area contributed by atoms with Crippen molar-refractivity contribution in [3.05, 3.63) is 82.4 Å². The summed E-state index contributed by atoms with van der Waals surface area (Å²) < 4.78 is 0. The number of likely N-dealkylation sites (N-methyl/N-ethyl adjacent to an activating group) is 2. The van der Waals surface area contributed by atoms with E-state index in [2.05, 4.69) is 21.6 Å². The molecule has 0 aromatic heterocycles. The topological polar surface area (TPSA) is 241 Å². The van der Waals surface area contributed by atoms with E-state index in [9.17, 15) is 34.0 Å². The predicted octanol–water partition coefficient (Wildman–Crippen LogP) is 3.36. The first kappa shape index (κ1) is 44.0. The summed E-state index contributed by atoms with van der Waals surface area (Å²) >= 11 is 6.21. The summed E-state index contributed by atoms with van der Waals surface area (Å²) in [6, 6.07) is 20.9. The number of aliphatic hydroxyl groups is 1. The minimum atomic E-state index is -2.74. The molecule has 2 saturated heterocycles. The van der Waals surface area contributed by atoms with Crippen LogP contribution in [-0.2, 0) is 19.2 Å². The lowest BCUT2D eigenvalue weighted by Crippen LogP contribution is -2.67. The number of piperidine rings is 1. The summed E-state index contributed by atoms with van der Waals surface area (Å²) in [7, 11) is 3.44. The molecule has 1 unspecified atom stereocenters. The molecule has 6 N–H and O–H groups in total. The Morgan fingerprint density at radius 1 is 1.00 bits per heavy atom. The van der Waals surface area contributed by atoms with Crippen LogP contribution in [0.1, 0.15) is 65.9 Å². The van der Waals surface area contributed by atoms with Crippen molar-refractivity contribution in [3.8, 4) is 6.07 Å². The molecule has 4 amide bonds. The Hall–Kier alpha value is -5.76. The molecule has 1 atom stereocenters. The molecule has 0 spiro atoms. The van der Waals surface area contributed by atoms with Gasteiger partial charge in [0, 0.05) is 63.3 Å². The summed E-state index contributed by atoms with van der Waals surface area (Å²) in [6.07, 6.45) is 0.442. The summed E-state index contributed by atoms with van der Waals surface area (Å²) in [6.45, 7) is 3.84. The Kier molecular flexibility index (Phi) is 15.0. The fourth-order valence-corrected chi connectivity index (χ4v) is 7.48. The highest BCUT2D eigenvalue weighted by Gasteiger charge is 2.48. The second-order valence-corrected chi connectivity index (χ2v) is 14.7. The standard InChI is InChI=1S/C34H39ClN6O3.C6H8O7/c1-37-32(43)34(41-16-5-15-38-33(41)44)13-18-40(19-14-34)17-12-27(25-8-10-28(35)11-9-25)23-39(2)31(42)30-21-24(22-36)20-26-6-3-4-7-29(26)30;7-3(8)1-6(13,5(11)12)2-4(9)10/h3-4,6-11,20-21,27H,5,12-19,23H2,1-2H3,(H,37,43)(H,38,44);13H,1-2H2,(H,7,8)(H,9,10)(H,11,12). The lowest BCUT2D eigenvalue weighted by molar-refractivity contribution is -0.170. The van der Waals surface area contributed by atoms with Gasteiger partial charge in [-0.25, -0.2) is 9.59 Å². The lowest BCUT2D eigenvalue weighted by Gasteiger charge is -2.48. The number of nitrogens with zero attached hydrogens (tertiary/aromatic N) is 4. The van der Waals surface area contributed by atoms with Gasteiger partial charge in [-0.05, 0) is 72.8 Å². The molecule has 17 heteroatoms. The Balaban J connectivity index is 0.000000476. The van der Waals surface area contributed by atoms with Gasteiger partial charge in [0.25, 0.3) is 5.91 Å². The number of carboxylic acids is 3. The van der Waals surface area contributed by atoms with Gasteiger partial charge in [0.1, 0.15) is 5.54 Å². The SMILES string of the molecule is CNC(=O)C1(N2CCCNC2=O)CCN(CCC(CN(C)C(=O)c2cc(C#N)cc3ccccc23)c2ccc(Cl)cc2)CC1.O=C(O)CC(O)(CC(=O)O)C(=O)O. The third-order valence-corrected chi connectivity index (χ3v) is 10.7. The predicted molar refractivity (Wildman–Crippen MR) is 209 cm³/mol. The monoisotopic (exact) mass is 806 g/mol. The van der Waals surface area contributed by atoms with Gasteiger partial charge in [-0.15, -0.1) is 0 Å². The van der Waals surface area contributed by atoms with Crippen LogP contribution in [0.5, 0.6) is 0 Å². The number of carbonyl (C=O) groups excluding carboxylic acids is 3. The van der Waals surface area contributed by atoms with Crippen LogP contribution in [0.4, 0.5) is 4.79 Å². The molecule has 2 heterocycles. The highest BCUT2D eigenvalue weighted by atomic mass is 35.5. The van der Waals surface area contributed by atoms with E-state index in [1.54, 1.807) is 36.0 Å². The third kappa shape index (κ3) is 11.0. The maximum Gasteiger partial charge on any atom is 0.336 e. The Bertz CT molecular complexity index is 2000. The minimum Gasteiger partial charge on any atom is -0.481 e. The normalized spacial score (nSPS) is 15.9. The molecule has 0 aliphatic carbocycles. The third-order valence-electron chi connectivity index (χ3n) is 10.4. The molecular formula is C40H47ClN6O10. The van der Waals surface area contributed by atoms with Crippen molar-refractivity contribution in [1.29, 1.82) is 5.26 Å². The lowest BCUT2D eigenvalue weighted by atomic mass is 9.83. The van der Waals surface area contributed by atoms with Gasteiger partial charge >= 0.3 is 23.9 Å². The van der Waals surface area contributed by atoms with E-state index in [0.717, 1.165) is 35.7 Å². The molecule has 0 saturated carbocycles. The quantitative estimate of drug-likeness (QED) is 0.138. The van der Waals surface area contributed by atoms with Crippen molar-refractivity contribution in [3.63, 3.8) is 0 Å². The number of hydrogen-bond acceptors (Lipinski definition) is 9. The highest BCUT2D eigenvalue weighted by molar-refractivity contribution is 6.30. The number of fused-ring (bicyclic) bond motifs is 1. The van der Waals surface area contributed by atoms with Crippen LogP contribution in [0.3, 0.4) is 0 Å². The molecular weight excluding hydrogens is 760 g/mol. The molecule has 0 radical (unpaired) electrons. The largest absolute Gasteiger partial charge is 0.481 e. The van der Waals surface area contributed by atoms with Gasteiger partial charge in [0.15, 0.2) is 5.60 Å². The van der Waals surface area contributed by atoms with Crippen molar-refractivity contribution in [1.82, 2.24) is 25.3 Å². The summed E-state index contributed by atoms with van der Waals surface area (Å²) in [5.41, 5.74) is -1.53. The summed E-state index contributed by atoms with van der Waals surface area (Å²) in [5.74, 6) is -5.23. The van der Waals surface area contributed by atoms with E-state index >= 15 is 0 Å². The first-order valence-electron chi connectivity index (χ1n) is 18.4. The number of urea groups is 1. The fraction of sp³-hybridized carbons (Fsp3) is 0.425. The van der Waals surface area contributed by atoms with Gasteiger partial charge in [0.2, 0.25) is 5.91 Å². The molecule has 2 aliphatic heterocycles. The van der Waals surface area contributed by atoms with Gasteiger partial charge in [-0.1, -0.05) is 48.0 Å². The number of halogens is 1. The Morgan fingerprint density at radius 3 is 2.19 bits per heavy atom. The number of benzene rings is 3. The average Bonchev–Trinajstić information content (AvgIpc) is 3.18. The average molecular weight is 807 g/mol. The molecule has 304 valence electrons. The maximum absolute atomic E-state index is 13.8. The van der Waals surface area contributed by atoms with Crippen LogP contribution in [0.15, 0.2) is 60.7 Å². The fourth-order valence-electron chi connectivity index (χ4n) is 7.36. The zero-order valence-corrected chi connectivity index (χ0v) is 32.5. The second-order valence-electron chi connectivity index (χ2n) is 14.2. The molecule has 57 heavy (non-hydrogen) atoms. The Morgan fingerprint density at radius 2 is 1.63 bits per heavy atom. The maximum atomic E-state index is 13.8. The smallest absolute Gasteiger partial charge is 0.336 e. The number of hydrogen-bond donors (Lipinski definition) is 6. The molecule has 3 aromatic rings. The number of carbonyl (C=O) groups is 6. The zero-order valence-electron chi connectivity index (χ0n) is 31.7. The van der Waals surface area contributed by atoms with E-state index in [-0.39, 0.29) is 23.8 Å². The summed E-state index contributed by atoms with van der Waals surface area (Å²) in [5, 5.41) is 51.4. The van der Waals surface area contributed by atoms with E-state index in [0.29, 0.717) is 61.7 Å². The first-order chi connectivity index (χ1) is 27.0. The van der Waals surface area contributed by atoms with Crippen LogP contribution in [0.25, 0.3) is 10.8 Å². The van der Waals surface area contributed by atoms with Crippen LogP contribution >= 0.6 is 11.6 Å². The number of nitrogens with one attached hydrogen (secondary N) is 2. The van der Waals surface area contributed by atoms with Gasteiger partial charge in [-0.2, -0.15) is 5.26 Å². The van der Waals surface area contributed by atoms with Crippen LogP contribution in [-0.4, -0.2) is 135 Å². The number of aliphatic carboxylic acids is 3. The van der Waals surface area contributed by atoms with Gasteiger partial charge in [0.05, 0.1) is 24.5 Å². The zero-order chi connectivity index (χ0) is 41.9. The first-order valence-corrected chi connectivity index (χ1v) is 18.7. The van der Waals surface area contributed by atoms with Crippen molar-refractivity contribution >= 4 is 58.1 Å². The van der Waals surface area contributed by atoms with Crippen molar-refractivity contribution < 1.29 is 49.2 Å². The van der Waals surface area contributed by atoms with Crippen molar-refractivity contribution in [2.45, 2.75) is 55.6 Å². The molecule has 3 aromatic carbocycles. The van der Waals surface area contributed by atoms with Crippen LogP contribution < -0.4 is 10.6 Å². The molecule has 5 rings (SSSR count). The Labute approximate surface area is 334 Å². The van der Waals surface area contributed by atoms with Crippen LogP contribution in [0.2, 0.25) is 5.02 Å². The number of likely N-dealkylation sites (tertiary alicyclic amines) is 1. The van der Waals surface area contributed by atoms with Crippen molar-refractivity contribution in [2.24, 2.45) is 0 Å². The second kappa shape index (κ2) is 19.4. The van der Waals surface area contributed by atoms with Gasteiger partial charge < -0.3 is 45.8 Å². The van der Waals surface area contributed by atoms with Crippen LogP contribution in [0, 0.1) is 11.3 Å². The van der Waals surface area contributed by atoms with Gasteiger partial charge in [-0.3, -0.25) is 19.2 Å².